The lowest BCUT2D eigenvalue weighted by atomic mass is 9.90. The number of pyridine rings is 1. The van der Waals surface area contributed by atoms with Gasteiger partial charge in [0.15, 0.2) is 11.4 Å². The Kier molecular flexibility index (Phi) is 7.57. The SMILES string of the molecule is Cc1nc2c(OCC3CCCCC3)cccn2c1C(=O)NC(COC(N)=O)c1ccc(Cl)cc1. The van der Waals surface area contributed by atoms with E-state index in [1.54, 1.807) is 41.8 Å². The summed E-state index contributed by atoms with van der Waals surface area (Å²) in [5.41, 5.74) is 7.41. The van der Waals surface area contributed by atoms with E-state index in [9.17, 15) is 9.59 Å². The molecule has 9 heteroatoms. The Hall–Kier alpha value is -3.26. The largest absolute Gasteiger partial charge is 0.489 e. The number of nitrogens with zero attached hydrogens (tertiary/aromatic N) is 2. The van der Waals surface area contributed by atoms with Crippen molar-refractivity contribution in [2.24, 2.45) is 11.7 Å². The molecule has 1 saturated carbocycles. The van der Waals surface area contributed by atoms with Gasteiger partial charge in [-0.05, 0) is 55.5 Å². The van der Waals surface area contributed by atoms with E-state index in [1.807, 2.05) is 12.1 Å². The van der Waals surface area contributed by atoms with Crippen molar-refractivity contribution in [1.29, 1.82) is 0 Å². The Balaban J connectivity index is 1.56. The Bertz CT molecular complexity index is 1160. The van der Waals surface area contributed by atoms with Crippen molar-refractivity contribution < 1.29 is 19.1 Å². The molecule has 0 spiro atoms. The fourth-order valence-electron chi connectivity index (χ4n) is 4.41. The highest BCUT2D eigenvalue weighted by atomic mass is 35.5. The van der Waals surface area contributed by atoms with Crippen molar-refractivity contribution in [2.75, 3.05) is 13.2 Å². The number of primary amides is 1. The number of nitrogens with one attached hydrogen (secondary N) is 1. The number of aromatic nitrogens is 2. The van der Waals surface area contributed by atoms with Crippen LogP contribution in [0.1, 0.15) is 59.9 Å². The van der Waals surface area contributed by atoms with Crippen LogP contribution in [0.4, 0.5) is 4.79 Å². The molecule has 1 aliphatic rings. The molecule has 34 heavy (non-hydrogen) atoms. The van der Waals surface area contributed by atoms with Crippen molar-refractivity contribution in [1.82, 2.24) is 14.7 Å². The van der Waals surface area contributed by atoms with E-state index in [-0.39, 0.29) is 12.5 Å². The van der Waals surface area contributed by atoms with Crippen LogP contribution in [-0.4, -0.2) is 34.6 Å². The number of carbonyl (C=O) groups excluding carboxylic acids is 2. The Morgan fingerprint density at radius 2 is 1.94 bits per heavy atom. The van der Waals surface area contributed by atoms with Crippen molar-refractivity contribution in [2.45, 2.75) is 45.1 Å². The number of fused-ring (bicyclic) bond motifs is 1. The van der Waals surface area contributed by atoms with Crippen molar-refractivity contribution in [3.8, 4) is 5.75 Å². The molecule has 180 valence electrons. The average Bonchev–Trinajstić information content (AvgIpc) is 3.18. The summed E-state index contributed by atoms with van der Waals surface area (Å²) in [6.07, 6.45) is 7.03. The Morgan fingerprint density at radius 3 is 2.65 bits per heavy atom. The zero-order chi connectivity index (χ0) is 24.1. The second-order valence-electron chi connectivity index (χ2n) is 8.63. The van der Waals surface area contributed by atoms with Gasteiger partial charge in [0, 0.05) is 11.2 Å². The number of hydrogen-bond donors (Lipinski definition) is 2. The zero-order valence-corrected chi connectivity index (χ0v) is 19.9. The Morgan fingerprint density at radius 1 is 1.21 bits per heavy atom. The molecule has 0 bridgehead atoms. The minimum absolute atomic E-state index is 0.117. The summed E-state index contributed by atoms with van der Waals surface area (Å²) < 4.78 is 12.8. The van der Waals surface area contributed by atoms with Gasteiger partial charge >= 0.3 is 6.09 Å². The molecule has 3 aromatic rings. The second kappa shape index (κ2) is 10.8. The van der Waals surface area contributed by atoms with Crippen LogP contribution >= 0.6 is 11.6 Å². The van der Waals surface area contributed by atoms with E-state index in [0.29, 0.717) is 40.3 Å². The number of carbonyl (C=O) groups is 2. The fourth-order valence-corrected chi connectivity index (χ4v) is 4.54. The molecule has 1 fully saturated rings. The predicted octanol–water partition coefficient (Wildman–Crippen LogP) is 4.82. The van der Waals surface area contributed by atoms with Crippen molar-refractivity contribution >= 4 is 29.2 Å². The average molecular weight is 485 g/mol. The predicted molar refractivity (Wildman–Crippen MR) is 129 cm³/mol. The van der Waals surface area contributed by atoms with Gasteiger partial charge in [0.05, 0.1) is 18.3 Å². The first-order valence-corrected chi connectivity index (χ1v) is 11.9. The molecule has 2 aromatic heterocycles. The molecule has 0 aliphatic heterocycles. The molecule has 3 N–H and O–H groups in total. The third kappa shape index (κ3) is 5.62. The van der Waals surface area contributed by atoms with Gasteiger partial charge in [-0.3, -0.25) is 9.20 Å². The topological polar surface area (TPSA) is 108 Å². The van der Waals surface area contributed by atoms with Crippen LogP contribution in [0, 0.1) is 12.8 Å². The second-order valence-corrected chi connectivity index (χ2v) is 9.07. The highest BCUT2D eigenvalue weighted by molar-refractivity contribution is 6.30. The number of benzene rings is 1. The van der Waals surface area contributed by atoms with Gasteiger partial charge in [-0.1, -0.05) is 43.0 Å². The lowest BCUT2D eigenvalue weighted by molar-refractivity contribution is 0.0892. The summed E-state index contributed by atoms with van der Waals surface area (Å²) in [6, 6.07) is 10.0. The van der Waals surface area contributed by atoms with Crippen molar-refractivity contribution in [3.63, 3.8) is 0 Å². The summed E-state index contributed by atoms with van der Waals surface area (Å²) in [5, 5.41) is 3.49. The standard InChI is InChI=1S/C25H29ClN4O4/c1-16-22(24(31)29-20(15-34-25(27)32)18-9-11-19(26)12-10-18)30-13-5-8-21(23(30)28-16)33-14-17-6-3-2-4-7-17/h5,8-13,17,20H,2-4,6-7,14-15H2,1H3,(H2,27,32)(H,29,31). The third-order valence-corrected chi connectivity index (χ3v) is 6.42. The number of ether oxygens (including phenoxy) is 2. The molecule has 0 radical (unpaired) electrons. The van der Waals surface area contributed by atoms with Gasteiger partial charge in [0.2, 0.25) is 0 Å². The first-order chi connectivity index (χ1) is 16.4. The number of hydrogen-bond acceptors (Lipinski definition) is 5. The van der Waals surface area contributed by atoms with Gasteiger partial charge in [0.25, 0.3) is 5.91 Å². The van der Waals surface area contributed by atoms with E-state index < -0.39 is 12.1 Å². The quantitative estimate of drug-likeness (QED) is 0.476. The minimum Gasteiger partial charge on any atom is -0.489 e. The van der Waals surface area contributed by atoms with Crippen LogP contribution in [0.3, 0.4) is 0 Å². The van der Waals surface area contributed by atoms with Gasteiger partial charge in [-0.2, -0.15) is 0 Å². The number of aryl methyl sites for hydroxylation is 1. The molecule has 1 aliphatic carbocycles. The minimum atomic E-state index is -0.918. The van der Waals surface area contributed by atoms with Crippen LogP contribution < -0.4 is 15.8 Å². The van der Waals surface area contributed by atoms with Gasteiger partial charge < -0.3 is 20.5 Å². The fraction of sp³-hybridized carbons (Fsp3) is 0.400. The first-order valence-electron chi connectivity index (χ1n) is 11.5. The number of halogens is 1. The van der Waals surface area contributed by atoms with E-state index in [0.717, 1.165) is 5.56 Å². The molecule has 8 nitrogen and oxygen atoms in total. The van der Waals surface area contributed by atoms with Gasteiger partial charge in [-0.15, -0.1) is 0 Å². The summed E-state index contributed by atoms with van der Waals surface area (Å²) >= 11 is 5.99. The number of rotatable bonds is 8. The summed E-state index contributed by atoms with van der Waals surface area (Å²) in [6.45, 7) is 2.31. The molecule has 1 aromatic carbocycles. The van der Waals surface area contributed by atoms with Crippen LogP contribution in [0.5, 0.6) is 5.75 Å². The van der Waals surface area contributed by atoms with Crippen LogP contribution in [-0.2, 0) is 4.74 Å². The molecule has 1 atom stereocenters. The number of amides is 2. The zero-order valence-electron chi connectivity index (χ0n) is 19.1. The first kappa shape index (κ1) is 23.9. The van der Waals surface area contributed by atoms with Crippen molar-refractivity contribution in [3.05, 3.63) is 64.6 Å². The van der Waals surface area contributed by atoms with Crippen LogP contribution in [0.2, 0.25) is 5.02 Å². The lowest BCUT2D eigenvalue weighted by Gasteiger charge is -2.21. The summed E-state index contributed by atoms with van der Waals surface area (Å²) in [5.74, 6) is 0.849. The maximum atomic E-state index is 13.3. The maximum Gasteiger partial charge on any atom is 0.404 e. The highest BCUT2D eigenvalue weighted by Crippen LogP contribution is 2.27. The number of nitrogens with two attached hydrogens (primary N) is 1. The molecular weight excluding hydrogens is 456 g/mol. The van der Waals surface area contributed by atoms with E-state index in [4.69, 9.17) is 26.8 Å². The molecule has 4 rings (SSSR count). The molecule has 1 unspecified atom stereocenters. The molecule has 2 heterocycles. The highest BCUT2D eigenvalue weighted by Gasteiger charge is 2.24. The summed E-state index contributed by atoms with van der Waals surface area (Å²) in [4.78, 5) is 29.1. The smallest absolute Gasteiger partial charge is 0.404 e. The molecule has 2 amide bonds. The van der Waals surface area contributed by atoms with Crippen LogP contribution in [0.15, 0.2) is 42.6 Å². The van der Waals surface area contributed by atoms with Gasteiger partial charge in [-0.25, -0.2) is 9.78 Å². The van der Waals surface area contributed by atoms with E-state index in [2.05, 4.69) is 10.3 Å². The molecule has 0 saturated heterocycles. The lowest BCUT2D eigenvalue weighted by Crippen LogP contribution is -2.34. The maximum absolute atomic E-state index is 13.3. The third-order valence-electron chi connectivity index (χ3n) is 6.17. The number of imidazole rings is 1. The van der Waals surface area contributed by atoms with Gasteiger partial charge in [0.1, 0.15) is 12.3 Å². The summed E-state index contributed by atoms with van der Waals surface area (Å²) in [7, 11) is 0. The Labute approximate surface area is 203 Å². The van der Waals surface area contributed by atoms with E-state index >= 15 is 0 Å². The van der Waals surface area contributed by atoms with E-state index in [1.165, 1.54) is 32.1 Å². The monoisotopic (exact) mass is 484 g/mol. The normalized spacial score (nSPS) is 15.1. The molecular formula is C25H29ClN4O4. The van der Waals surface area contributed by atoms with Crippen LogP contribution in [0.25, 0.3) is 5.65 Å².